The maximum absolute atomic E-state index is 13.7. The molecule has 10 nitrogen and oxygen atoms in total. The molecule has 0 aliphatic carbocycles. The van der Waals surface area contributed by atoms with Gasteiger partial charge in [0.15, 0.2) is 5.79 Å². The Morgan fingerprint density at radius 2 is 1.98 bits per heavy atom. The maximum Gasteiger partial charge on any atom is 0.416 e. The molecule has 0 saturated carbocycles. The molecule has 3 aromatic rings. The summed E-state index contributed by atoms with van der Waals surface area (Å²) in [6.45, 7) is 5.02. The lowest BCUT2D eigenvalue weighted by Crippen LogP contribution is -2.38. The zero-order valence-corrected chi connectivity index (χ0v) is 21.7. The van der Waals surface area contributed by atoms with Crippen molar-refractivity contribution in [2.45, 2.75) is 44.9 Å². The van der Waals surface area contributed by atoms with Crippen LogP contribution in [0.2, 0.25) is 0 Å². The first kappa shape index (κ1) is 27.2. The van der Waals surface area contributed by atoms with Gasteiger partial charge in [-0.3, -0.25) is 4.90 Å². The minimum Gasteiger partial charge on any atom is -0.459 e. The number of rotatable bonds is 5. The van der Waals surface area contributed by atoms with Crippen molar-refractivity contribution in [1.29, 1.82) is 5.26 Å². The summed E-state index contributed by atoms with van der Waals surface area (Å²) >= 11 is 0. The summed E-state index contributed by atoms with van der Waals surface area (Å²) in [5.41, 5.74) is -0.568. The number of carbonyl (C=O) groups excluding carboxylic acids is 1. The molecule has 2 unspecified atom stereocenters. The van der Waals surface area contributed by atoms with Gasteiger partial charge in [0, 0.05) is 11.4 Å². The number of aromatic amines is 1. The van der Waals surface area contributed by atoms with Crippen molar-refractivity contribution < 1.29 is 32.2 Å². The summed E-state index contributed by atoms with van der Waals surface area (Å²) in [4.78, 5) is 28.1. The second kappa shape index (κ2) is 9.96. The molecule has 208 valence electrons. The van der Waals surface area contributed by atoms with Gasteiger partial charge < -0.3 is 14.2 Å². The topological polar surface area (TPSA) is 122 Å². The molecule has 0 amide bonds. The number of carbonyl (C=O) groups is 1. The number of alkyl halides is 3. The van der Waals surface area contributed by atoms with Gasteiger partial charge in [0.05, 0.1) is 29.4 Å². The van der Waals surface area contributed by atoms with E-state index in [1.807, 2.05) is 6.07 Å². The van der Waals surface area contributed by atoms with Gasteiger partial charge in [-0.05, 0) is 56.7 Å². The summed E-state index contributed by atoms with van der Waals surface area (Å²) in [5.74, 6) is -1.68. The number of benzene rings is 2. The average molecular weight is 556 g/mol. The van der Waals surface area contributed by atoms with Crippen LogP contribution in [0.3, 0.4) is 0 Å². The summed E-state index contributed by atoms with van der Waals surface area (Å²) in [5, 5.41) is 15.6. The second-order valence-corrected chi connectivity index (χ2v) is 9.77. The van der Waals surface area contributed by atoms with Crippen molar-refractivity contribution in [2.75, 3.05) is 18.1 Å². The zero-order valence-electron chi connectivity index (χ0n) is 21.7. The van der Waals surface area contributed by atoms with Crippen LogP contribution in [0.25, 0.3) is 0 Å². The Bertz CT molecular complexity index is 1580. The minimum atomic E-state index is -4.63. The lowest BCUT2D eigenvalue weighted by molar-refractivity contribution is -0.155. The number of nitrogens with one attached hydrogen (secondary N) is 1. The zero-order chi connectivity index (χ0) is 28.8. The molecule has 0 spiro atoms. The van der Waals surface area contributed by atoms with Crippen molar-refractivity contribution in [3.05, 3.63) is 87.0 Å². The van der Waals surface area contributed by atoms with E-state index in [4.69, 9.17) is 14.2 Å². The number of nitrogens with zero attached hydrogens (tertiary/aromatic N) is 4. The number of halogens is 3. The van der Waals surface area contributed by atoms with Crippen molar-refractivity contribution >= 4 is 17.6 Å². The first-order valence-electron chi connectivity index (χ1n) is 12.2. The van der Waals surface area contributed by atoms with Crippen molar-refractivity contribution in [3.63, 3.8) is 0 Å². The normalized spacial score (nSPS) is 20.3. The second-order valence-electron chi connectivity index (χ2n) is 9.77. The van der Waals surface area contributed by atoms with Gasteiger partial charge in [0.25, 0.3) is 0 Å². The van der Waals surface area contributed by atoms with E-state index in [9.17, 15) is 28.0 Å². The van der Waals surface area contributed by atoms with E-state index >= 15 is 0 Å². The van der Waals surface area contributed by atoms with E-state index in [1.54, 1.807) is 26.0 Å². The Balaban J connectivity index is 1.63. The predicted molar refractivity (Wildman–Crippen MR) is 134 cm³/mol. The lowest BCUT2D eigenvalue weighted by Gasteiger charge is -2.35. The highest BCUT2D eigenvalue weighted by Crippen LogP contribution is 2.43. The van der Waals surface area contributed by atoms with Gasteiger partial charge >= 0.3 is 17.8 Å². The Morgan fingerprint density at radius 3 is 2.60 bits per heavy atom. The van der Waals surface area contributed by atoms with Gasteiger partial charge in [0.2, 0.25) is 5.95 Å². The number of H-pyrrole nitrogens is 1. The number of esters is 1. The molecule has 1 saturated heterocycles. The number of nitriles is 1. The minimum absolute atomic E-state index is 0.00343. The number of ether oxygens (including phenoxy) is 3. The first-order chi connectivity index (χ1) is 18.9. The molecule has 40 heavy (non-hydrogen) atoms. The van der Waals surface area contributed by atoms with E-state index in [0.717, 1.165) is 12.1 Å². The molecule has 0 radical (unpaired) electrons. The molecule has 1 fully saturated rings. The number of hydrogen-bond acceptors (Lipinski definition) is 8. The van der Waals surface area contributed by atoms with Gasteiger partial charge in [-0.15, -0.1) is 5.10 Å². The summed E-state index contributed by atoms with van der Waals surface area (Å²) in [6, 6.07) is 11.7. The van der Waals surface area contributed by atoms with Crippen molar-refractivity contribution in [1.82, 2.24) is 14.8 Å². The quantitative estimate of drug-likeness (QED) is 0.466. The van der Waals surface area contributed by atoms with Crippen LogP contribution in [0.15, 0.2) is 64.6 Å². The largest absolute Gasteiger partial charge is 0.459 e. The molecule has 0 bridgehead atoms. The van der Waals surface area contributed by atoms with E-state index < -0.39 is 41.3 Å². The molecule has 2 aromatic carbocycles. The average Bonchev–Trinajstić information content (AvgIpc) is 3.47. The van der Waals surface area contributed by atoms with E-state index in [1.165, 1.54) is 40.7 Å². The van der Waals surface area contributed by atoms with Crippen LogP contribution in [-0.2, 0) is 25.2 Å². The fraction of sp³-hybridized carbons (Fsp3) is 0.333. The van der Waals surface area contributed by atoms with E-state index in [0.29, 0.717) is 11.1 Å². The van der Waals surface area contributed by atoms with Gasteiger partial charge in [-0.2, -0.15) is 18.4 Å². The number of allylic oxidation sites excluding steroid dienone is 1. The molecule has 2 atom stereocenters. The number of fused-ring (bicyclic) bond motifs is 1. The standard InChI is InChI=1S/C27H24F3N5O5/c1-15-21(23(36)38-13-20-14-39-26(2,3)40-20)22(17-9-7-16(12-31)8-10-17)35-24(32-33-25(35)37)34(15)19-6-4-5-18(11-19)27(28,29)30/h4-11,20,22H,13-14H2,1-3H3,(H,33,37). The highest BCUT2D eigenvalue weighted by Gasteiger charge is 2.41. The van der Waals surface area contributed by atoms with Gasteiger partial charge in [-0.1, -0.05) is 18.2 Å². The molecule has 1 aromatic heterocycles. The monoisotopic (exact) mass is 555 g/mol. The van der Waals surface area contributed by atoms with E-state index in [2.05, 4.69) is 10.2 Å². The molecule has 2 aliphatic heterocycles. The molecule has 13 heteroatoms. The molecule has 1 N–H and O–H groups in total. The van der Waals surface area contributed by atoms with E-state index in [-0.39, 0.29) is 36.1 Å². The molecular weight excluding hydrogens is 531 g/mol. The fourth-order valence-electron chi connectivity index (χ4n) is 4.82. The van der Waals surface area contributed by atoms with Crippen molar-refractivity contribution in [2.24, 2.45) is 0 Å². The smallest absolute Gasteiger partial charge is 0.416 e. The Labute approximate surface area is 226 Å². The lowest BCUT2D eigenvalue weighted by atomic mass is 9.93. The number of aromatic nitrogens is 3. The van der Waals surface area contributed by atoms with Gasteiger partial charge in [-0.25, -0.2) is 19.3 Å². The van der Waals surface area contributed by atoms with Crippen LogP contribution in [-0.4, -0.2) is 45.8 Å². The van der Waals surface area contributed by atoms with Crippen molar-refractivity contribution in [3.8, 4) is 6.07 Å². The van der Waals surface area contributed by atoms with Crippen LogP contribution in [0.1, 0.15) is 43.5 Å². The van der Waals surface area contributed by atoms with Crippen LogP contribution in [0.4, 0.5) is 24.8 Å². The Morgan fingerprint density at radius 1 is 1.25 bits per heavy atom. The summed E-state index contributed by atoms with van der Waals surface area (Å²) in [7, 11) is 0. The van der Waals surface area contributed by atoms with Crippen LogP contribution in [0.5, 0.6) is 0 Å². The third-order valence-electron chi connectivity index (χ3n) is 6.62. The predicted octanol–water partition coefficient (Wildman–Crippen LogP) is 4.17. The molecule has 3 heterocycles. The highest BCUT2D eigenvalue weighted by molar-refractivity contribution is 5.93. The van der Waals surface area contributed by atoms with Crippen LogP contribution >= 0.6 is 0 Å². The first-order valence-corrected chi connectivity index (χ1v) is 12.2. The van der Waals surface area contributed by atoms with Crippen LogP contribution < -0.4 is 10.6 Å². The van der Waals surface area contributed by atoms with Gasteiger partial charge in [0.1, 0.15) is 18.8 Å². The maximum atomic E-state index is 13.7. The fourth-order valence-corrected chi connectivity index (χ4v) is 4.82. The molecule has 5 rings (SSSR count). The SMILES string of the molecule is CC1=C(C(=O)OCC2COC(C)(C)O2)C(c2ccc(C#N)cc2)n2c(n[nH]c2=O)N1c1cccc(C(F)(F)F)c1. The molecule has 2 aliphatic rings. The number of anilines is 2. The Hall–Kier alpha value is -4.41. The summed E-state index contributed by atoms with van der Waals surface area (Å²) < 4.78 is 58.7. The third kappa shape index (κ3) is 4.99. The van der Waals surface area contributed by atoms with Crippen LogP contribution in [0, 0.1) is 11.3 Å². The highest BCUT2D eigenvalue weighted by atomic mass is 19.4. The Kier molecular flexibility index (Phi) is 6.77. The third-order valence-corrected chi connectivity index (χ3v) is 6.62. The summed E-state index contributed by atoms with van der Waals surface area (Å²) in [6.07, 6.45) is -5.16. The molecular formula is C27H24F3N5O5. The number of hydrogen-bond donors (Lipinski definition) is 1.